The number of ether oxygens (including phenoxy) is 1. The maximum absolute atomic E-state index is 13.0. The lowest BCUT2D eigenvalue weighted by Gasteiger charge is -2.31. The number of thiazole rings is 1. The molecule has 2 aliphatic heterocycles. The summed E-state index contributed by atoms with van der Waals surface area (Å²) in [6.45, 7) is 6.51. The summed E-state index contributed by atoms with van der Waals surface area (Å²) in [5, 5.41) is 9.82. The fourth-order valence-corrected chi connectivity index (χ4v) is 5.34. The number of nitrogens with one attached hydrogen (secondary N) is 2. The third-order valence-corrected chi connectivity index (χ3v) is 7.12. The van der Waals surface area contributed by atoms with Crippen LogP contribution in [0.25, 0.3) is 0 Å². The van der Waals surface area contributed by atoms with Crippen molar-refractivity contribution in [2.24, 2.45) is 0 Å². The molecule has 1 aromatic carbocycles. The molecule has 9 heteroatoms. The Balaban J connectivity index is 1.36. The van der Waals surface area contributed by atoms with Crippen LogP contribution in [0.5, 0.6) is 5.75 Å². The van der Waals surface area contributed by atoms with E-state index >= 15 is 0 Å². The summed E-state index contributed by atoms with van der Waals surface area (Å²) in [7, 11) is 1.63. The van der Waals surface area contributed by atoms with Gasteiger partial charge in [-0.1, -0.05) is 13.0 Å². The number of hydrogen-bond acceptors (Lipinski definition) is 8. The molecule has 1 saturated heterocycles. The van der Waals surface area contributed by atoms with Gasteiger partial charge in [0.05, 0.1) is 43.0 Å². The fraction of sp³-hybridized carbons (Fsp3) is 0.375. The van der Waals surface area contributed by atoms with Gasteiger partial charge in [-0.15, -0.1) is 11.3 Å². The molecule has 8 nitrogen and oxygen atoms in total. The molecule has 0 radical (unpaired) electrons. The molecule has 4 heterocycles. The number of carbonyl (C=O) groups is 1. The highest BCUT2D eigenvalue weighted by molar-refractivity contribution is 7.14. The van der Waals surface area contributed by atoms with Gasteiger partial charge in [0.2, 0.25) is 0 Å². The molecule has 0 aliphatic carbocycles. The Hall–Kier alpha value is -3.17. The molecule has 0 saturated carbocycles. The van der Waals surface area contributed by atoms with E-state index in [1.165, 1.54) is 11.3 Å². The second-order valence-electron chi connectivity index (χ2n) is 8.17. The summed E-state index contributed by atoms with van der Waals surface area (Å²) >= 11 is 1.50. The average Bonchev–Trinajstić information content (AvgIpc) is 3.48. The Kier molecular flexibility index (Phi) is 6.15. The number of pyridine rings is 1. The third-order valence-electron chi connectivity index (χ3n) is 6.24. The molecule has 2 aromatic heterocycles. The van der Waals surface area contributed by atoms with E-state index in [1.807, 2.05) is 36.0 Å². The van der Waals surface area contributed by atoms with Gasteiger partial charge in [0.1, 0.15) is 5.75 Å². The van der Waals surface area contributed by atoms with Crippen molar-refractivity contribution in [3.63, 3.8) is 0 Å². The summed E-state index contributed by atoms with van der Waals surface area (Å²) < 4.78 is 5.46. The Labute approximate surface area is 197 Å². The van der Waals surface area contributed by atoms with Crippen LogP contribution < -0.4 is 25.2 Å². The molecule has 3 aromatic rings. The molecule has 33 heavy (non-hydrogen) atoms. The van der Waals surface area contributed by atoms with E-state index in [0.717, 1.165) is 61.0 Å². The number of aromatic nitrogens is 2. The van der Waals surface area contributed by atoms with Gasteiger partial charge in [0.25, 0.3) is 5.91 Å². The van der Waals surface area contributed by atoms with E-state index in [2.05, 4.69) is 33.5 Å². The minimum Gasteiger partial charge on any atom is -0.496 e. The van der Waals surface area contributed by atoms with Crippen molar-refractivity contribution in [2.75, 3.05) is 48.4 Å². The monoisotopic (exact) mass is 464 g/mol. The molecule has 1 fully saturated rings. The van der Waals surface area contributed by atoms with Crippen LogP contribution in [0, 0.1) is 0 Å². The standard InChI is InChI=1S/C24H28N6O2S/c1-3-18(27-19-13-26-8-7-21(19)29-11-9-25-10-12-29)20-15-33-24(28-20)30-14-17-16(23(30)31)5-4-6-22(17)32-2/h4-8,13,15,18,25,27H,3,9-12,14H2,1-2H3. The first-order valence-corrected chi connectivity index (χ1v) is 12.2. The lowest BCUT2D eigenvalue weighted by molar-refractivity contribution is 0.0996. The first kappa shape index (κ1) is 21.7. The number of rotatable bonds is 7. The number of benzene rings is 1. The lowest BCUT2D eigenvalue weighted by atomic mass is 10.1. The molecule has 5 rings (SSSR count). The molecular weight excluding hydrogens is 436 g/mol. The zero-order valence-electron chi connectivity index (χ0n) is 18.9. The van der Waals surface area contributed by atoms with Crippen molar-refractivity contribution >= 4 is 33.8 Å². The predicted octanol–water partition coefficient (Wildman–Crippen LogP) is 3.68. The quantitative estimate of drug-likeness (QED) is 0.552. The molecule has 0 bridgehead atoms. The van der Waals surface area contributed by atoms with Crippen LogP contribution in [0.4, 0.5) is 16.5 Å². The van der Waals surface area contributed by atoms with Crippen LogP contribution in [0.2, 0.25) is 0 Å². The third kappa shape index (κ3) is 4.14. The van der Waals surface area contributed by atoms with Crippen molar-refractivity contribution in [1.82, 2.24) is 15.3 Å². The number of piperazine rings is 1. The van der Waals surface area contributed by atoms with E-state index in [9.17, 15) is 4.79 Å². The van der Waals surface area contributed by atoms with Gasteiger partial charge in [-0.25, -0.2) is 4.98 Å². The number of anilines is 3. The second-order valence-corrected chi connectivity index (χ2v) is 9.00. The Morgan fingerprint density at radius 2 is 2.12 bits per heavy atom. The minimum atomic E-state index is -0.0286. The molecule has 172 valence electrons. The van der Waals surface area contributed by atoms with Gasteiger partial charge < -0.3 is 20.3 Å². The molecule has 1 atom stereocenters. The Morgan fingerprint density at radius 3 is 2.91 bits per heavy atom. The first-order chi connectivity index (χ1) is 16.2. The van der Waals surface area contributed by atoms with Crippen molar-refractivity contribution in [1.29, 1.82) is 0 Å². The molecule has 1 unspecified atom stereocenters. The topological polar surface area (TPSA) is 82.6 Å². The number of fused-ring (bicyclic) bond motifs is 1. The minimum absolute atomic E-state index is 0.0236. The molecule has 0 spiro atoms. The highest BCUT2D eigenvalue weighted by atomic mass is 32.1. The van der Waals surface area contributed by atoms with Crippen LogP contribution in [-0.4, -0.2) is 49.2 Å². The van der Waals surface area contributed by atoms with E-state index in [0.29, 0.717) is 17.2 Å². The van der Waals surface area contributed by atoms with Crippen molar-refractivity contribution < 1.29 is 9.53 Å². The normalized spacial score (nSPS) is 16.6. The van der Waals surface area contributed by atoms with Crippen LogP contribution in [0.1, 0.15) is 41.0 Å². The van der Waals surface area contributed by atoms with E-state index in [4.69, 9.17) is 9.72 Å². The molecule has 1 amide bonds. The van der Waals surface area contributed by atoms with E-state index < -0.39 is 0 Å². The summed E-state index contributed by atoms with van der Waals surface area (Å²) in [5.74, 6) is 0.712. The van der Waals surface area contributed by atoms with Crippen molar-refractivity contribution in [3.8, 4) is 5.75 Å². The second kappa shape index (κ2) is 9.36. The maximum Gasteiger partial charge on any atom is 0.260 e. The largest absolute Gasteiger partial charge is 0.496 e. The highest BCUT2D eigenvalue weighted by Gasteiger charge is 2.33. The Bertz CT molecular complexity index is 1140. The van der Waals surface area contributed by atoms with Gasteiger partial charge in [-0.3, -0.25) is 14.7 Å². The number of amides is 1. The molecule has 2 N–H and O–H groups in total. The van der Waals surface area contributed by atoms with Crippen molar-refractivity contribution in [3.05, 3.63) is 58.9 Å². The highest BCUT2D eigenvalue weighted by Crippen LogP contribution is 2.37. The average molecular weight is 465 g/mol. The fourth-order valence-electron chi connectivity index (χ4n) is 4.46. The van der Waals surface area contributed by atoms with Crippen molar-refractivity contribution in [2.45, 2.75) is 25.9 Å². The van der Waals surface area contributed by atoms with Gasteiger partial charge in [0.15, 0.2) is 5.13 Å². The van der Waals surface area contributed by atoms with E-state index in [1.54, 1.807) is 12.0 Å². The summed E-state index contributed by atoms with van der Waals surface area (Å²) in [6.07, 6.45) is 4.59. The SMILES string of the molecule is CCC(Nc1cnccc1N1CCNCC1)c1csc(N2Cc3c(OC)cccc3C2=O)n1. The zero-order chi connectivity index (χ0) is 22.8. The van der Waals surface area contributed by atoms with Gasteiger partial charge >= 0.3 is 0 Å². The van der Waals surface area contributed by atoms with Gasteiger partial charge in [0, 0.05) is 48.9 Å². The van der Waals surface area contributed by atoms with Crippen LogP contribution in [-0.2, 0) is 6.54 Å². The summed E-state index contributed by atoms with van der Waals surface area (Å²) in [4.78, 5) is 26.4. The zero-order valence-corrected chi connectivity index (χ0v) is 19.7. The predicted molar refractivity (Wildman–Crippen MR) is 132 cm³/mol. The number of hydrogen-bond donors (Lipinski definition) is 2. The smallest absolute Gasteiger partial charge is 0.260 e. The number of nitrogens with zero attached hydrogens (tertiary/aromatic N) is 4. The molecular formula is C24H28N6O2S. The number of carbonyl (C=O) groups excluding carboxylic acids is 1. The summed E-state index contributed by atoms with van der Waals surface area (Å²) in [6, 6.07) is 7.69. The lowest BCUT2D eigenvalue weighted by Crippen LogP contribution is -2.43. The van der Waals surface area contributed by atoms with Crippen LogP contribution in [0.3, 0.4) is 0 Å². The molecule has 2 aliphatic rings. The van der Waals surface area contributed by atoms with Gasteiger partial charge in [-0.2, -0.15) is 0 Å². The first-order valence-electron chi connectivity index (χ1n) is 11.3. The van der Waals surface area contributed by atoms with Crippen LogP contribution in [0.15, 0.2) is 42.0 Å². The Morgan fingerprint density at radius 1 is 1.27 bits per heavy atom. The van der Waals surface area contributed by atoms with Crippen LogP contribution >= 0.6 is 11.3 Å². The summed E-state index contributed by atoms with van der Waals surface area (Å²) in [5.41, 5.74) is 4.71. The van der Waals surface area contributed by atoms with E-state index in [-0.39, 0.29) is 11.9 Å². The van der Waals surface area contributed by atoms with Gasteiger partial charge in [-0.05, 0) is 24.6 Å². The number of methoxy groups -OCH3 is 1. The maximum atomic E-state index is 13.0.